The Morgan fingerprint density at radius 3 is 2.04 bits per heavy atom. The Bertz CT molecular complexity index is 844. The summed E-state index contributed by atoms with van der Waals surface area (Å²) in [6.07, 6.45) is 0. The van der Waals surface area contributed by atoms with Crippen molar-refractivity contribution in [1.29, 1.82) is 0 Å². The van der Waals surface area contributed by atoms with E-state index in [0.29, 0.717) is 41.4 Å². The molecule has 0 aliphatic carbocycles. The predicted octanol–water partition coefficient (Wildman–Crippen LogP) is 3.68. The van der Waals surface area contributed by atoms with Crippen LogP contribution in [0.4, 0.5) is 0 Å². The molecule has 26 heavy (non-hydrogen) atoms. The third kappa shape index (κ3) is 2.89. The van der Waals surface area contributed by atoms with Crippen LogP contribution < -0.4 is 18.9 Å². The molecule has 0 amide bonds. The van der Waals surface area contributed by atoms with E-state index in [1.807, 2.05) is 18.2 Å². The second-order valence-corrected chi connectivity index (χ2v) is 6.44. The number of fused-ring (bicyclic) bond motifs is 1. The number of aliphatic imine (C=N–C) groups is 1. The van der Waals surface area contributed by atoms with Gasteiger partial charge in [-0.05, 0) is 24.1 Å². The Morgan fingerprint density at radius 1 is 0.923 bits per heavy atom. The van der Waals surface area contributed by atoms with Crippen molar-refractivity contribution in [2.75, 3.05) is 35.0 Å². The van der Waals surface area contributed by atoms with Crippen LogP contribution in [0.5, 0.6) is 23.0 Å². The zero-order valence-corrected chi connectivity index (χ0v) is 16.1. The Balaban J connectivity index is 2.34. The van der Waals surface area contributed by atoms with Gasteiger partial charge in [-0.3, -0.25) is 0 Å². The fourth-order valence-corrected chi connectivity index (χ4v) is 3.19. The molecule has 0 bridgehead atoms. The van der Waals surface area contributed by atoms with Gasteiger partial charge in [-0.15, -0.1) is 0 Å². The van der Waals surface area contributed by atoms with Crippen molar-refractivity contribution in [2.45, 2.75) is 19.9 Å². The molecule has 0 N–H and O–H groups in total. The molecule has 6 nitrogen and oxygen atoms in total. The maximum atomic E-state index is 5.88. The van der Waals surface area contributed by atoms with Gasteiger partial charge in [0.15, 0.2) is 0 Å². The average molecular weight is 359 g/mol. The molecule has 1 aliphatic heterocycles. The summed E-state index contributed by atoms with van der Waals surface area (Å²) in [4.78, 5) is 4.73. The van der Waals surface area contributed by atoms with Crippen LogP contribution in [0.15, 0.2) is 23.2 Å². The van der Waals surface area contributed by atoms with Crippen LogP contribution in [0, 0.1) is 5.92 Å². The number of benzene rings is 2. The number of methoxy groups -OCH3 is 4. The molecule has 0 saturated carbocycles. The molecule has 6 heteroatoms. The minimum Gasteiger partial charge on any atom is -0.496 e. The van der Waals surface area contributed by atoms with Gasteiger partial charge in [0.25, 0.3) is 0 Å². The summed E-state index contributed by atoms with van der Waals surface area (Å²) in [6, 6.07) is 5.70. The van der Waals surface area contributed by atoms with Gasteiger partial charge in [0, 0.05) is 0 Å². The van der Waals surface area contributed by atoms with E-state index in [9.17, 15) is 0 Å². The third-order valence-electron chi connectivity index (χ3n) is 4.66. The van der Waals surface area contributed by atoms with Crippen LogP contribution in [0.1, 0.15) is 19.4 Å². The highest BCUT2D eigenvalue weighted by molar-refractivity contribution is 6.10. The first-order valence-electron chi connectivity index (χ1n) is 8.56. The van der Waals surface area contributed by atoms with E-state index in [4.69, 9.17) is 28.7 Å². The summed E-state index contributed by atoms with van der Waals surface area (Å²) < 4.78 is 28.4. The molecule has 0 fully saturated rings. The summed E-state index contributed by atoms with van der Waals surface area (Å²) in [5.41, 5.74) is 0.742. The number of hydrogen-bond donors (Lipinski definition) is 0. The molecule has 2 aromatic carbocycles. The largest absolute Gasteiger partial charge is 0.496 e. The Morgan fingerprint density at radius 2 is 1.54 bits per heavy atom. The minimum absolute atomic E-state index is 0.128. The normalized spacial score (nSPS) is 16.4. The highest BCUT2D eigenvalue weighted by Gasteiger charge is 2.28. The van der Waals surface area contributed by atoms with Crippen LogP contribution in [0.3, 0.4) is 0 Å². The molecule has 0 unspecified atom stereocenters. The molecule has 0 spiro atoms. The lowest BCUT2D eigenvalue weighted by atomic mass is 10.0. The molecule has 0 aromatic heterocycles. The van der Waals surface area contributed by atoms with Crippen molar-refractivity contribution in [1.82, 2.24) is 0 Å². The standard InChI is InChI=1S/C20H25NO5/c1-11(2)13-10-26-20(21-13)12-9-16(24-5)17-14(22-3)7-8-15(23-4)18(17)19(12)25-6/h7-9,11,13H,10H2,1-6H3/t13-/m1/s1. The zero-order valence-electron chi connectivity index (χ0n) is 16.1. The number of nitrogens with zero attached hydrogens (tertiary/aromatic N) is 1. The maximum Gasteiger partial charge on any atom is 0.220 e. The molecule has 2 aromatic rings. The Labute approximate surface area is 153 Å². The summed E-state index contributed by atoms with van der Waals surface area (Å²) in [5, 5.41) is 1.55. The highest BCUT2D eigenvalue weighted by Crippen LogP contribution is 2.46. The van der Waals surface area contributed by atoms with E-state index in [2.05, 4.69) is 13.8 Å². The monoisotopic (exact) mass is 359 g/mol. The van der Waals surface area contributed by atoms with Crippen LogP contribution in [0.25, 0.3) is 10.8 Å². The quantitative estimate of drug-likeness (QED) is 0.787. The van der Waals surface area contributed by atoms with Crippen molar-refractivity contribution < 1.29 is 23.7 Å². The van der Waals surface area contributed by atoms with Crippen LogP contribution in [0.2, 0.25) is 0 Å². The first kappa shape index (κ1) is 18.2. The van der Waals surface area contributed by atoms with Crippen molar-refractivity contribution in [2.24, 2.45) is 10.9 Å². The van der Waals surface area contributed by atoms with Crippen LogP contribution in [-0.4, -0.2) is 47.0 Å². The summed E-state index contributed by atoms with van der Waals surface area (Å²) >= 11 is 0. The van der Waals surface area contributed by atoms with Gasteiger partial charge in [-0.1, -0.05) is 13.8 Å². The molecule has 1 aliphatic rings. The van der Waals surface area contributed by atoms with Gasteiger partial charge >= 0.3 is 0 Å². The average Bonchev–Trinajstić information content (AvgIpc) is 3.16. The smallest absolute Gasteiger partial charge is 0.220 e. The second-order valence-electron chi connectivity index (χ2n) is 6.44. The summed E-state index contributed by atoms with van der Waals surface area (Å²) in [5.74, 6) is 3.57. The van der Waals surface area contributed by atoms with Gasteiger partial charge in [-0.25, -0.2) is 4.99 Å². The fourth-order valence-electron chi connectivity index (χ4n) is 3.19. The van der Waals surface area contributed by atoms with E-state index in [1.54, 1.807) is 28.4 Å². The lowest BCUT2D eigenvalue weighted by Crippen LogP contribution is -2.13. The van der Waals surface area contributed by atoms with Gasteiger partial charge in [0.1, 0.15) is 29.6 Å². The molecule has 3 rings (SSSR count). The fraction of sp³-hybridized carbons (Fsp3) is 0.450. The topological polar surface area (TPSA) is 58.5 Å². The molecular formula is C20H25NO5. The molecule has 140 valence electrons. The van der Waals surface area contributed by atoms with E-state index in [1.165, 1.54) is 0 Å². The van der Waals surface area contributed by atoms with Crippen LogP contribution in [-0.2, 0) is 4.74 Å². The van der Waals surface area contributed by atoms with Crippen molar-refractivity contribution in [3.63, 3.8) is 0 Å². The first-order chi connectivity index (χ1) is 12.5. The third-order valence-corrected chi connectivity index (χ3v) is 4.66. The lowest BCUT2D eigenvalue weighted by Gasteiger charge is -2.18. The Hall–Kier alpha value is -2.63. The van der Waals surface area contributed by atoms with E-state index in [-0.39, 0.29) is 6.04 Å². The van der Waals surface area contributed by atoms with Gasteiger partial charge < -0.3 is 23.7 Å². The van der Waals surface area contributed by atoms with E-state index < -0.39 is 0 Å². The van der Waals surface area contributed by atoms with E-state index in [0.717, 1.165) is 16.3 Å². The summed E-state index contributed by atoms with van der Waals surface area (Å²) in [7, 11) is 6.49. The van der Waals surface area contributed by atoms with Crippen LogP contribution >= 0.6 is 0 Å². The number of rotatable bonds is 6. The summed E-state index contributed by atoms with van der Waals surface area (Å²) in [6.45, 7) is 4.82. The highest BCUT2D eigenvalue weighted by atomic mass is 16.5. The van der Waals surface area contributed by atoms with Gasteiger partial charge in [-0.2, -0.15) is 0 Å². The molecule has 0 saturated heterocycles. The van der Waals surface area contributed by atoms with Crippen molar-refractivity contribution >= 4 is 16.7 Å². The first-order valence-corrected chi connectivity index (χ1v) is 8.56. The maximum absolute atomic E-state index is 5.88. The predicted molar refractivity (Wildman–Crippen MR) is 101 cm³/mol. The molecule has 0 radical (unpaired) electrons. The molecule has 1 atom stereocenters. The second kappa shape index (κ2) is 7.32. The molecule has 1 heterocycles. The van der Waals surface area contributed by atoms with Crippen molar-refractivity contribution in [3.05, 3.63) is 23.8 Å². The zero-order chi connectivity index (χ0) is 18.8. The molecular weight excluding hydrogens is 334 g/mol. The van der Waals surface area contributed by atoms with E-state index >= 15 is 0 Å². The minimum atomic E-state index is 0.128. The number of ether oxygens (including phenoxy) is 5. The van der Waals surface area contributed by atoms with Gasteiger partial charge in [0.05, 0.1) is 50.8 Å². The number of hydrogen-bond acceptors (Lipinski definition) is 6. The lowest BCUT2D eigenvalue weighted by molar-refractivity contribution is 0.290. The van der Waals surface area contributed by atoms with Crippen molar-refractivity contribution in [3.8, 4) is 23.0 Å². The Kier molecular flexibility index (Phi) is 5.11. The van der Waals surface area contributed by atoms with Gasteiger partial charge in [0.2, 0.25) is 5.90 Å². The SMILES string of the molecule is COc1ccc(OC)c2c(OC)c(C3=N[C@@H](C(C)C)CO3)cc(OC)c12.